The van der Waals surface area contributed by atoms with Crippen LogP contribution in [-0.4, -0.2) is 50.5 Å². The summed E-state index contributed by atoms with van der Waals surface area (Å²) in [5.74, 6) is -6.22. The number of hydrogen-bond donors (Lipinski definition) is 1. The monoisotopic (exact) mass is 435 g/mol. The first-order valence-corrected chi connectivity index (χ1v) is 9.61. The molecule has 0 aliphatic carbocycles. The molecule has 2 aliphatic heterocycles. The van der Waals surface area contributed by atoms with Gasteiger partial charge in [0.1, 0.15) is 17.1 Å². The molecule has 7 nitrogen and oxygen atoms in total. The maximum atomic E-state index is 15.3. The molecule has 1 amide bonds. The molecule has 0 bridgehead atoms. The molecule has 2 aliphatic rings. The van der Waals surface area contributed by atoms with Gasteiger partial charge in [0, 0.05) is 18.7 Å². The van der Waals surface area contributed by atoms with Gasteiger partial charge in [0.25, 0.3) is 0 Å². The van der Waals surface area contributed by atoms with Crippen molar-refractivity contribution >= 4 is 17.6 Å². The molecule has 1 N–H and O–H groups in total. The SMILES string of the molecule is CC(C)(C)OC(=O)N1CC=C(c2cnn3c2C(F)(F)c2cc(F)cc(C(=O)O)c2-3)CC1. The molecule has 0 atom stereocenters. The van der Waals surface area contributed by atoms with Crippen molar-refractivity contribution in [3.8, 4) is 5.69 Å². The van der Waals surface area contributed by atoms with Crippen LogP contribution in [0.25, 0.3) is 11.3 Å². The van der Waals surface area contributed by atoms with Gasteiger partial charge in [0.15, 0.2) is 0 Å². The first-order valence-electron chi connectivity index (χ1n) is 9.61. The number of amides is 1. The summed E-state index contributed by atoms with van der Waals surface area (Å²) >= 11 is 0. The van der Waals surface area contributed by atoms with Crippen molar-refractivity contribution in [3.05, 3.63) is 52.6 Å². The summed E-state index contributed by atoms with van der Waals surface area (Å²) in [5.41, 5.74) is -2.14. The van der Waals surface area contributed by atoms with Gasteiger partial charge in [-0.1, -0.05) is 6.08 Å². The topological polar surface area (TPSA) is 84.7 Å². The Labute approximate surface area is 175 Å². The highest BCUT2D eigenvalue weighted by molar-refractivity contribution is 5.94. The lowest BCUT2D eigenvalue weighted by Crippen LogP contribution is -2.39. The fraction of sp³-hybridized carbons (Fsp3) is 0.381. The molecular formula is C21H20F3N3O4. The number of ether oxygens (including phenoxy) is 1. The molecule has 0 radical (unpaired) electrons. The zero-order chi connectivity index (χ0) is 22.7. The zero-order valence-corrected chi connectivity index (χ0v) is 17.1. The van der Waals surface area contributed by atoms with Crippen LogP contribution in [0.1, 0.15) is 54.4 Å². The van der Waals surface area contributed by atoms with Crippen LogP contribution < -0.4 is 0 Å². The summed E-state index contributed by atoms with van der Waals surface area (Å²) in [6.45, 7) is 5.68. The van der Waals surface area contributed by atoms with Gasteiger partial charge >= 0.3 is 18.0 Å². The number of carboxylic acids is 1. The van der Waals surface area contributed by atoms with Crippen molar-refractivity contribution in [2.45, 2.75) is 38.7 Å². The number of carbonyl (C=O) groups is 2. The van der Waals surface area contributed by atoms with Crippen LogP contribution in [0.15, 0.2) is 24.4 Å². The van der Waals surface area contributed by atoms with E-state index in [0.717, 1.165) is 4.68 Å². The van der Waals surface area contributed by atoms with Crippen LogP contribution in [0, 0.1) is 5.82 Å². The molecule has 0 saturated carbocycles. The van der Waals surface area contributed by atoms with E-state index < -0.39 is 46.2 Å². The lowest BCUT2D eigenvalue weighted by Gasteiger charge is -2.29. The molecule has 0 spiro atoms. The van der Waals surface area contributed by atoms with Crippen LogP contribution in [0.3, 0.4) is 0 Å². The van der Waals surface area contributed by atoms with E-state index >= 15 is 8.78 Å². The lowest BCUT2D eigenvalue weighted by atomic mass is 9.96. The van der Waals surface area contributed by atoms with E-state index in [1.165, 1.54) is 11.1 Å². The molecule has 4 rings (SSSR count). The van der Waals surface area contributed by atoms with E-state index in [4.69, 9.17) is 4.74 Å². The van der Waals surface area contributed by atoms with Gasteiger partial charge in [-0.2, -0.15) is 13.9 Å². The minimum Gasteiger partial charge on any atom is -0.478 e. The maximum Gasteiger partial charge on any atom is 0.410 e. The zero-order valence-electron chi connectivity index (χ0n) is 17.1. The van der Waals surface area contributed by atoms with Gasteiger partial charge in [-0.3, -0.25) is 0 Å². The van der Waals surface area contributed by atoms with Gasteiger partial charge < -0.3 is 14.7 Å². The third-order valence-corrected chi connectivity index (χ3v) is 5.13. The number of benzene rings is 1. The summed E-state index contributed by atoms with van der Waals surface area (Å²) in [6, 6.07) is 1.34. The van der Waals surface area contributed by atoms with Gasteiger partial charge in [0.2, 0.25) is 0 Å². The first-order chi connectivity index (χ1) is 14.4. The Balaban J connectivity index is 1.70. The number of aromatic carboxylic acids is 1. The van der Waals surface area contributed by atoms with E-state index in [1.54, 1.807) is 26.8 Å². The molecule has 0 fully saturated rings. The van der Waals surface area contributed by atoms with Crippen molar-refractivity contribution in [2.75, 3.05) is 13.1 Å². The largest absolute Gasteiger partial charge is 0.478 e. The Hall–Kier alpha value is -3.30. The van der Waals surface area contributed by atoms with Crippen molar-refractivity contribution in [2.24, 2.45) is 0 Å². The standard InChI is InChI=1S/C21H20F3N3O4/c1-20(2,3)31-19(30)26-6-4-11(5-7-26)14-10-25-27-16-13(18(28)29)8-12(22)9-15(16)21(23,24)17(14)27/h4,8-10H,5-7H2,1-3H3,(H,28,29). The Morgan fingerprint density at radius 3 is 2.55 bits per heavy atom. The molecule has 31 heavy (non-hydrogen) atoms. The highest BCUT2D eigenvalue weighted by Crippen LogP contribution is 2.49. The molecule has 10 heteroatoms. The lowest BCUT2D eigenvalue weighted by molar-refractivity contribution is 0.0268. The number of rotatable bonds is 2. The fourth-order valence-corrected chi connectivity index (χ4v) is 3.82. The Bertz CT molecular complexity index is 1130. The van der Waals surface area contributed by atoms with Gasteiger partial charge in [-0.15, -0.1) is 0 Å². The van der Waals surface area contributed by atoms with E-state index in [1.807, 2.05) is 0 Å². The van der Waals surface area contributed by atoms with Gasteiger partial charge in [-0.25, -0.2) is 18.7 Å². The predicted octanol–water partition coefficient (Wildman–Crippen LogP) is 4.19. The molecule has 0 unspecified atom stereocenters. The molecule has 164 valence electrons. The maximum absolute atomic E-state index is 15.3. The summed E-state index contributed by atoms with van der Waals surface area (Å²) < 4.78 is 50.6. The van der Waals surface area contributed by atoms with Gasteiger partial charge in [-0.05, 0) is 44.9 Å². The van der Waals surface area contributed by atoms with E-state index in [0.29, 0.717) is 17.7 Å². The second-order valence-electron chi connectivity index (χ2n) is 8.45. The van der Waals surface area contributed by atoms with Crippen molar-refractivity contribution in [3.63, 3.8) is 0 Å². The minimum absolute atomic E-state index is 0.141. The third kappa shape index (κ3) is 3.45. The second-order valence-corrected chi connectivity index (χ2v) is 8.45. The molecule has 1 aromatic carbocycles. The Morgan fingerprint density at radius 2 is 1.97 bits per heavy atom. The molecular weight excluding hydrogens is 415 g/mol. The number of carboxylic acid groups (broad SMARTS) is 1. The van der Waals surface area contributed by atoms with Crippen LogP contribution in [-0.2, 0) is 10.7 Å². The van der Waals surface area contributed by atoms with Crippen LogP contribution >= 0.6 is 0 Å². The summed E-state index contributed by atoms with van der Waals surface area (Å²) in [7, 11) is 0. The number of carbonyl (C=O) groups excluding carboxylic acids is 1. The minimum atomic E-state index is -3.63. The highest BCUT2D eigenvalue weighted by atomic mass is 19.3. The third-order valence-electron chi connectivity index (χ3n) is 5.13. The van der Waals surface area contributed by atoms with E-state index in [9.17, 15) is 19.1 Å². The number of aromatic nitrogens is 2. The number of fused-ring (bicyclic) bond motifs is 3. The van der Waals surface area contributed by atoms with Crippen molar-refractivity contribution < 1.29 is 32.6 Å². The smallest absolute Gasteiger partial charge is 0.410 e. The normalized spacial score (nSPS) is 17.1. The van der Waals surface area contributed by atoms with E-state index in [2.05, 4.69) is 5.10 Å². The molecule has 3 heterocycles. The number of nitrogens with zero attached hydrogens (tertiary/aromatic N) is 3. The van der Waals surface area contributed by atoms with Crippen LogP contribution in [0.5, 0.6) is 0 Å². The van der Waals surface area contributed by atoms with Crippen molar-refractivity contribution in [1.82, 2.24) is 14.7 Å². The predicted molar refractivity (Wildman–Crippen MR) is 104 cm³/mol. The second kappa shape index (κ2) is 6.86. The molecule has 1 aromatic heterocycles. The fourth-order valence-electron chi connectivity index (χ4n) is 3.82. The van der Waals surface area contributed by atoms with Crippen LogP contribution in [0.2, 0.25) is 0 Å². The number of alkyl halides is 2. The average Bonchev–Trinajstić information content (AvgIpc) is 3.19. The first kappa shape index (κ1) is 21.0. The highest BCUT2D eigenvalue weighted by Gasteiger charge is 2.50. The summed E-state index contributed by atoms with van der Waals surface area (Å²) in [6.07, 6.45) is 2.67. The molecule has 0 saturated heterocycles. The Kier molecular flexibility index (Phi) is 4.64. The van der Waals surface area contributed by atoms with Gasteiger partial charge in [0.05, 0.1) is 23.0 Å². The summed E-state index contributed by atoms with van der Waals surface area (Å²) in [4.78, 5) is 25.2. The van der Waals surface area contributed by atoms with Crippen molar-refractivity contribution in [1.29, 1.82) is 0 Å². The quantitative estimate of drug-likeness (QED) is 0.765. The average molecular weight is 435 g/mol. The molecule has 2 aromatic rings. The number of halogens is 3. The Morgan fingerprint density at radius 1 is 1.26 bits per heavy atom. The number of hydrogen-bond acceptors (Lipinski definition) is 4. The summed E-state index contributed by atoms with van der Waals surface area (Å²) in [5, 5.41) is 13.4. The van der Waals surface area contributed by atoms with Crippen LogP contribution in [0.4, 0.5) is 18.0 Å². The van der Waals surface area contributed by atoms with E-state index in [-0.39, 0.29) is 30.8 Å².